The molecule has 6 nitrogen and oxygen atoms in total. The Balaban J connectivity index is 1.98. The first kappa shape index (κ1) is 16.1. The number of hydrogen-bond donors (Lipinski definition) is 1. The number of carbonyl (C=O) groups excluding carboxylic acids is 2. The van der Waals surface area contributed by atoms with Gasteiger partial charge in [0.15, 0.2) is 0 Å². The first-order valence-corrected chi connectivity index (χ1v) is 7.43. The van der Waals surface area contributed by atoms with Gasteiger partial charge in [-0.25, -0.2) is 4.79 Å². The van der Waals surface area contributed by atoms with E-state index in [1.165, 1.54) is 12.0 Å². The van der Waals surface area contributed by atoms with Crippen molar-refractivity contribution in [3.05, 3.63) is 24.3 Å². The minimum atomic E-state index is -0.473. The van der Waals surface area contributed by atoms with E-state index in [1.807, 2.05) is 26.0 Å². The molecule has 0 bridgehead atoms. The summed E-state index contributed by atoms with van der Waals surface area (Å²) in [6.07, 6.45) is 1.09. The van der Waals surface area contributed by atoms with E-state index in [4.69, 9.17) is 9.47 Å². The molecule has 1 aromatic rings. The lowest BCUT2D eigenvalue weighted by Gasteiger charge is -2.22. The van der Waals surface area contributed by atoms with E-state index in [0.29, 0.717) is 18.7 Å². The van der Waals surface area contributed by atoms with Crippen LogP contribution in [0.1, 0.15) is 26.7 Å². The van der Waals surface area contributed by atoms with Crippen molar-refractivity contribution in [2.75, 3.05) is 19.0 Å². The van der Waals surface area contributed by atoms with Crippen molar-refractivity contribution in [1.29, 1.82) is 0 Å². The second kappa shape index (κ2) is 7.15. The maximum atomic E-state index is 12.3. The lowest BCUT2D eigenvalue weighted by molar-refractivity contribution is -0.119. The molecule has 1 atom stereocenters. The van der Waals surface area contributed by atoms with E-state index in [9.17, 15) is 9.59 Å². The first-order valence-electron chi connectivity index (χ1n) is 7.43. The van der Waals surface area contributed by atoms with Crippen LogP contribution in [0.2, 0.25) is 0 Å². The maximum absolute atomic E-state index is 12.3. The molecular weight excluding hydrogens is 284 g/mol. The van der Waals surface area contributed by atoms with E-state index < -0.39 is 12.1 Å². The van der Waals surface area contributed by atoms with Gasteiger partial charge in [-0.1, -0.05) is 0 Å². The summed E-state index contributed by atoms with van der Waals surface area (Å²) in [7, 11) is 1.32. The molecule has 1 unspecified atom stereocenters. The van der Waals surface area contributed by atoms with Crippen LogP contribution in [0.25, 0.3) is 0 Å². The Labute approximate surface area is 130 Å². The quantitative estimate of drug-likeness (QED) is 0.928. The van der Waals surface area contributed by atoms with Crippen LogP contribution in [0.5, 0.6) is 5.75 Å². The molecule has 2 rings (SSSR count). The fraction of sp³-hybridized carbons (Fsp3) is 0.500. The fourth-order valence-electron chi connectivity index (χ4n) is 2.49. The minimum Gasteiger partial charge on any atom is -0.491 e. The molecule has 6 heteroatoms. The van der Waals surface area contributed by atoms with Crippen molar-refractivity contribution in [1.82, 2.24) is 4.90 Å². The van der Waals surface area contributed by atoms with Gasteiger partial charge in [-0.2, -0.15) is 0 Å². The second-order valence-electron chi connectivity index (χ2n) is 5.50. The van der Waals surface area contributed by atoms with Gasteiger partial charge in [-0.05, 0) is 51.0 Å². The lowest BCUT2D eigenvalue weighted by Crippen LogP contribution is -2.43. The molecule has 0 aromatic heterocycles. The first-order chi connectivity index (χ1) is 10.5. The van der Waals surface area contributed by atoms with E-state index in [2.05, 4.69) is 5.32 Å². The predicted octanol–water partition coefficient (Wildman–Crippen LogP) is 2.64. The average molecular weight is 306 g/mol. The molecule has 22 heavy (non-hydrogen) atoms. The van der Waals surface area contributed by atoms with Crippen LogP contribution in [0, 0.1) is 0 Å². The second-order valence-corrected chi connectivity index (χ2v) is 5.50. The van der Waals surface area contributed by atoms with E-state index >= 15 is 0 Å². The number of benzene rings is 1. The SMILES string of the molecule is COC(=O)N1CCCC1C(=O)Nc1ccc(OC(C)C)cc1. The van der Waals surface area contributed by atoms with Crippen molar-refractivity contribution in [2.45, 2.75) is 38.8 Å². The molecule has 1 heterocycles. The van der Waals surface area contributed by atoms with E-state index in [0.717, 1.165) is 12.2 Å². The summed E-state index contributed by atoms with van der Waals surface area (Å²) in [6.45, 7) is 4.46. The number of anilines is 1. The highest BCUT2D eigenvalue weighted by Crippen LogP contribution is 2.21. The average Bonchev–Trinajstić information content (AvgIpc) is 2.97. The molecule has 0 radical (unpaired) electrons. The number of likely N-dealkylation sites (tertiary alicyclic amines) is 1. The van der Waals surface area contributed by atoms with Crippen molar-refractivity contribution in [3.8, 4) is 5.75 Å². The van der Waals surface area contributed by atoms with Crippen LogP contribution in [-0.4, -0.2) is 42.7 Å². The predicted molar refractivity (Wildman–Crippen MR) is 83.0 cm³/mol. The Morgan fingerprint density at radius 2 is 1.95 bits per heavy atom. The third-order valence-electron chi connectivity index (χ3n) is 3.46. The molecular formula is C16H22N2O4. The third-order valence-corrected chi connectivity index (χ3v) is 3.46. The Hall–Kier alpha value is -2.24. The Morgan fingerprint density at radius 1 is 1.27 bits per heavy atom. The molecule has 0 aliphatic carbocycles. The standard InChI is InChI=1S/C16H22N2O4/c1-11(2)22-13-8-6-12(7-9-13)17-15(19)14-5-4-10-18(14)16(20)21-3/h6-9,11,14H,4-5,10H2,1-3H3,(H,17,19). The van der Waals surface area contributed by atoms with Crippen LogP contribution in [0.4, 0.5) is 10.5 Å². The molecule has 1 aromatic carbocycles. The zero-order chi connectivity index (χ0) is 16.1. The highest BCUT2D eigenvalue weighted by atomic mass is 16.5. The fourth-order valence-corrected chi connectivity index (χ4v) is 2.49. The van der Waals surface area contributed by atoms with Gasteiger partial charge in [-0.15, -0.1) is 0 Å². The van der Waals surface area contributed by atoms with Gasteiger partial charge in [-0.3, -0.25) is 9.69 Å². The van der Waals surface area contributed by atoms with Gasteiger partial charge in [0.1, 0.15) is 11.8 Å². The van der Waals surface area contributed by atoms with Gasteiger partial charge in [0.05, 0.1) is 13.2 Å². The molecule has 1 saturated heterocycles. The number of ether oxygens (including phenoxy) is 2. The van der Waals surface area contributed by atoms with Gasteiger partial charge in [0.25, 0.3) is 0 Å². The molecule has 1 aliphatic heterocycles. The van der Waals surface area contributed by atoms with Crippen LogP contribution in [-0.2, 0) is 9.53 Å². The van der Waals surface area contributed by atoms with Crippen molar-refractivity contribution in [3.63, 3.8) is 0 Å². The lowest BCUT2D eigenvalue weighted by atomic mass is 10.2. The van der Waals surface area contributed by atoms with E-state index in [-0.39, 0.29) is 12.0 Å². The number of nitrogens with one attached hydrogen (secondary N) is 1. The number of nitrogens with zero attached hydrogens (tertiary/aromatic N) is 1. The highest BCUT2D eigenvalue weighted by Gasteiger charge is 2.34. The van der Waals surface area contributed by atoms with Crippen LogP contribution in [0.15, 0.2) is 24.3 Å². The number of hydrogen-bond acceptors (Lipinski definition) is 4. The van der Waals surface area contributed by atoms with Gasteiger partial charge >= 0.3 is 6.09 Å². The van der Waals surface area contributed by atoms with Crippen LogP contribution < -0.4 is 10.1 Å². The summed E-state index contributed by atoms with van der Waals surface area (Å²) in [4.78, 5) is 25.4. The molecule has 2 amide bonds. The topological polar surface area (TPSA) is 67.9 Å². The number of methoxy groups -OCH3 is 1. The smallest absolute Gasteiger partial charge is 0.410 e. The summed E-state index contributed by atoms with van der Waals surface area (Å²) >= 11 is 0. The van der Waals surface area contributed by atoms with Crippen LogP contribution in [0.3, 0.4) is 0 Å². The molecule has 0 spiro atoms. The monoisotopic (exact) mass is 306 g/mol. The minimum absolute atomic E-state index is 0.104. The third kappa shape index (κ3) is 3.90. The zero-order valence-electron chi connectivity index (χ0n) is 13.2. The van der Waals surface area contributed by atoms with E-state index in [1.54, 1.807) is 12.1 Å². The summed E-state index contributed by atoms with van der Waals surface area (Å²) in [6, 6.07) is 6.71. The Kier molecular flexibility index (Phi) is 5.25. The molecule has 1 fully saturated rings. The van der Waals surface area contributed by atoms with Gasteiger partial charge in [0, 0.05) is 12.2 Å². The largest absolute Gasteiger partial charge is 0.491 e. The summed E-state index contributed by atoms with van der Waals surface area (Å²) in [5, 5.41) is 2.83. The maximum Gasteiger partial charge on any atom is 0.410 e. The van der Waals surface area contributed by atoms with Gasteiger partial charge < -0.3 is 14.8 Å². The molecule has 1 N–H and O–H groups in total. The molecule has 0 saturated carbocycles. The van der Waals surface area contributed by atoms with Crippen molar-refractivity contribution >= 4 is 17.7 Å². The molecule has 120 valence electrons. The van der Waals surface area contributed by atoms with Crippen molar-refractivity contribution < 1.29 is 19.1 Å². The number of amides is 2. The normalized spacial score (nSPS) is 17.5. The zero-order valence-corrected chi connectivity index (χ0v) is 13.2. The number of rotatable bonds is 4. The van der Waals surface area contributed by atoms with Gasteiger partial charge in [0.2, 0.25) is 5.91 Å². The summed E-state index contributed by atoms with van der Waals surface area (Å²) < 4.78 is 10.3. The highest BCUT2D eigenvalue weighted by molar-refractivity contribution is 5.96. The Morgan fingerprint density at radius 3 is 2.55 bits per heavy atom. The Bertz CT molecular complexity index is 527. The number of carbonyl (C=O) groups is 2. The summed E-state index contributed by atoms with van der Waals surface area (Å²) in [5.74, 6) is 0.561. The summed E-state index contributed by atoms with van der Waals surface area (Å²) in [5.41, 5.74) is 0.679. The van der Waals surface area contributed by atoms with Crippen molar-refractivity contribution in [2.24, 2.45) is 0 Å². The molecule has 1 aliphatic rings. The van der Waals surface area contributed by atoms with Crippen LogP contribution >= 0.6 is 0 Å².